The quantitative estimate of drug-likeness (QED) is 0.886. The third kappa shape index (κ3) is 4.21. The first kappa shape index (κ1) is 15.8. The first-order valence-electron chi connectivity index (χ1n) is 7.05. The lowest BCUT2D eigenvalue weighted by Gasteiger charge is -2.07. The van der Waals surface area contributed by atoms with Gasteiger partial charge in [-0.1, -0.05) is 23.2 Å². The number of benzene rings is 1. The Balaban J connectivity index is 1.75. The molecule has 1 aliphatic carbocycles. The summed E-state index contributed by atoms with van der Waals surface area (Å²) in [5, 5.41) is 6.35. The number of carbonyl (C=O) groups is 2. The number of hydrogen-bond donors (Lipinski definition) is 2. The first-order chi connectivity index (χ1) is 11.0. The third-order valence-corrected chi connectivity index (χ3v) is 3.72. The number of rotatable bonds is 4. The molecule has 1 aromatic carbocycles. The van der Waals surface area contributed by atoms with Gasteiger partial charge in [0, 0.05) is 33.5 Å². The Morgan fingerprint density at radius 3 is 2.39 bits per heavy atom. The van der Waals surface area contributed by atoms with Crippen molar-refractivity contribution in [2.24, 2.45) is 0 Å². The Hall–Kier alpha value is -2.11. The lowest BCUT2D eigenvalue weighted by molar-refractivity contribution is 0.0951. The molecule has 0 aliphatic heterocycles. The molecule has 5 nitrogen and oxygen atoms in total. The summed E-state index contributed by atoms with van der Waals surface area (Å²) in [6.45, 7) is 0. The van der Waals surface area contributed by atoms with Crippen LogP contribution in [-0.2, 0) is 0 Å². The van der Waals surface area contributed by atoms with Crippen molar-refractivity contribution in [3.63, 3.8) is 0 Å². The minimum atomic E-state index is -0.440. The second-order valence-electron chi connectivity index (χ2n) is 5.29. The van der Waals surface area contributed by atoms with E-state index in [2.05, 4.69) is 15.6 Å². The topological polar surface area (TPSA) is 71.1 Å². The van der Waals surface area contributed by atoms with E-state index in [4.69, 9.17) is 23.2 Å². The van der Waals surface area contributed by atoms with Crippen LogP contribution in [0.25, 0.3) is 0 Å². The van der Waals surface area contributed by atoms with Crippen LogP contribution in [0.3, 0.4) is 0 Å². The molecule has 0 spiro atoms. The minimum absolute atomic E-state index is 0.143. The standard InChI is InChI=1S/C16H13Cl2N3O2/c17-10-6-11(18)8-13(7-10)21-16(23)14-5-9(3-4-19-14)15(22)20-12-1-2-12/h3-8,12H,1-2H2,(H,20,22)(H,21,23). The van der Waals surface area contributed by atoms with Crippen molar-refractivity contribution in [1.82, 2.24) is 10.3 Å². The van der Waals surface area contributed by atoms with Gasteiger partial charge in [-0.3, -0.25) is 14.6 Å². The molecular weight excluding hydrogens is 337 g/mol. The molecule has 1 heterocycles. The molecule has 3 rings (SSSR count). The van der Waals surface area contributed by atoms with Crippen LogP contribution >= 0.6 is 23.2 Å². The summed E-state index contributed by atoms with van der Waals surface area (Å²) in [7, 11) is 0. The maximum absolute atomic E-state index is 12.3. The highest BCUT2D eigenvalue weighted by Gasteiger charge is 2.24. The van der Waals surface area contributed by atoms with E-state index in [1.807, 2.05) is 0 Å². The summed E-state index contributed by atoms with van der Waals surface area (Å²) < 4.78 is 0. The molecule has 0 radical (unpaired) electrons. The summed E-state index contributed by atoms with van der Waals surface area (Å²) in [5.41, 5.74) is 1.01. The van der Waals surface area contributed by atoms with E-state index < -0.39 is 5.91 Å². The van der Waals surface area contributed by atoms with Gasteiger partial charge in [-0.2, -0.15) is 0 Å². The van der Waals surface area contributed by atoms with Crippen LogP contribution in [0, 0.1) is 0 Å². The monoisotopic (exact) mass is 349 g/mol. The largest absolute Gasteiger partial charge is 0.349 e. The molecule has 0 bridgehead atoms. The molecule has 118 valence electrons. The predicted octanol–water partition coefficient (Wildman–Crippen LogP) is 3.53. The van der Waals surface area contributed by atoms with Gasteiger partial charge in [-0.05, 0) is 43.2 Å². The number of aromatic nitrogens is 1. The molecule has 1 fully saturated rings. The fourth-order valence-corrected chi connectivity index (χ4v) is 2.54. The molecular formula is C16H13Cl2N3O2. The summed E-state index contributed by atoms with van der Waals surface area (Å²) in [6, 6.07) is 8.01. The van der Waals surface area contributed by atoms with Gasteiger partial charge in [0.1, 0.15) is 5.69 Å². The maximum atomic E-state index is 12.3. The molecule has 2 N–H and O–H groups in total. The van der Waals surface area contributed by atoms with E-state index in [0.29, 0.717) is 21.3 Å². The third-order valence-electron chi connectivity index (χ3n) is 3.29. The predicted molar refractivity (Wildman–Crippen MR) is 89.1 cm³/mol. The van der Waals surface area contributed by atoms with E-state index in [1.165, 1.54) is 12.3 Å². The van der Waals surface area contributed by atoms with Gasteiger partial charge in [-0.25, -0.2) is 0 Å². The molecule has 1 saturated carbocycles. The van der Waals surface area contributed by atoms with Gasteiger partial charge >= 0.3 is 0 Å². The highest BCUT2D eigenvalue weighted by atomic mass is 35.5. The molecule has 2 aromatic rings. The highest BCUT2D eigenvalue weighted by molar-refractivity contribution is 6.35. The van der Waals surface area contributed by atoms with Crippen LogP contribution in [-0.4, -0.2) is 22.8 Å². The fraction of sp³-hybridized carbons (Fsp3) is 0.188. The minimum Gasteiger partial charge on any atom is -0.349 e. The van der Waals surface area contributed by atoms with E-state index in [9.17, 15) is 9.59 Å². The molecule has 23 heavy (non-hydrogen) atoms. The number of amides is 2. The van der Waals surface area contributed by atoms with Crippen molar-refractivity contribution in [1.29, 1.82) is 0 Å². The van der Waals surface area contributed by atoms with Gasteiger partial charge in [0.25, 0.3) is 11.8 Å². The number of pyridine rings is 1. The molecule has 1 aliphatic rings. The Morgan fingerprint density at radius 2 is 1.74 bits per heavy atom. The molecule has 0 unspecified atom stereocenters. The number of nitrogens with zero attached hydrogens (tertiary/aromatic N) is 1. The van der Waals surface area contributed by atoms with Gasteiger partial charge in [0.05, 0.1) is 0 Å². The highest BCUT2D eigenvalue weighted by Crippen LogP contribution is 2.23. The first-order valence-corrected chi connectivity index (χ1v) is 7.81. The van der Waals surface area contributed by atoms with Crippen LogP contribution in [0.1, 0.15) is 33.7 Å². The van der Waals surface area contributed by atoms with Crippen LogP contribution in [0.2, 0.25) is 10.0 Å². The van der Waals surface area contributed by atoms with Crippen molar-refractivity contribution in [2.45, 2.75) is 18.9 Å². The molecule has 0 saturated heterocycles. The van der Waals surface area contributed by atoms with Crippen LogP contribution < -0.4 is 10.6 Å². The second-order valence-corrected chi connectivity index (χ2v) is 6.16. The van der Waals surface area contributed by atoms with Crippen molar-refractivity contribution < 1.29 is 9.59 Å². The van der Waals surface area contributed by atoms with Gasteiger partial charge < -0.3 is 10.6 Å². The SMILES string of the molecule is O=C(NC1CC1)c1ccnc(C(=O)Nc2cc(Cl)cc(Cl)c2)c1. The summed E-state index contributed by atoms with van der Waals surface area (Å²) in [6.07, 6.45) is 3.43. The van der Waals surface area contributed by atoms with Gasteiger partial charge in [-0.15, -0.1) is 0 Å². The van der Waals surface area contributed by atoms with Crippen molar-refractivity contribution in [3.8, 4) is 0 Å². The van der Waals surface area contributed by atoms with E-state index >= 15 is 0 Å². The molecule has 0 atom stereocenters. The van der Waals surface area contributed by atoms with Crippen molar-refractivity contribution >= 4 is 40.7 Å². The Bertz CT molecular complexity index is 755. The van der Waals surface area contributed by atoms with Gasteiger partial charge in [0.2, 0.25) is 0 Å². The van der Waals surface area contributed by atoms with Crippen LogP contribution in [0.4, 0.5) is 5.69 Å². The smallest absolute Gasteiger partial charge is 0.274 e. The maximum Gasteiger partial charge on any atom is 0.274 e. The normalized spacial score (nSPS) is 13.5. The van der Waals surface area contributed by atoms with Crippen molar-refractivity contribution in [3.05, 3.63) is 57.8 Å². The number of anilines is 1. The fourth-order valence-electron chi connectivity index (χ4n) is 2.01. The lowest BCUT2D eigenvalue weighted by atomic mass is 10.2. The number of nitrogens with one attached hydrogen (secondary N) is 2. The summed E-state index contributed by atoms with van der Waals surface area (Å²) in [4.78, 5) is 28.3. The number of carbonyl (C=O) groups excluding carboxylic acids is 2. The van der Waals surface area contributed by atoms with E-state index in [-0.39, 0.29) is 17.6 Å². The van der Waals surface area contributed by atoms with Gasteiger partial charge in [0.15, 0.2) is 0 Å². The Labute approximate surface area is 143 Å². The zero-order chi connectivity index (χ0) is 16.4. The second kappa shape index (κ2) is 6.56. The Morgan fingerprint density at radius 1 is 1.04 bits per heavy atom. The zero-order valence-corrected chi connectivity index (χ0v) is 13.5. The van der Waals surface area contributed by atoms with Crippen LogP contribution in [0.15, 0.2) is 36.5 Å². The zero-order valence-electron chi connectivity index (χ0n) is 12.0. The molecule has 1 aromatic heterocycles. The van der Waals surface area contributed by atoms with E-state index in [1.54, 1.807) is 24.3 Å². The average Bonchev–Trinajstić information content (AvgIpc) is 3.30. The Kier molecular flexibility index (Phi) is 4.50. The number of hydrogen-bond acceptors (Lipinski definition) is 3. The molecule has 7 heteroatoms. The average molecular weight is 350 g/mol. The van der Waals surface area contributed by atoms with Crippen molar-refractivity contribution in [2.75, 3.05) is 5.32 Å². The van der Waals surface area contributed by atoms with Crippen LogP contribution in [0.5, 0.6) is 0 Å². The van der Waals surface area contributed by atoms with E-state index in [0.717, 1.165) is 12.8 Å². The lowest BCUT2D eigenvalue weighted by Crippen LogP contribution is -2.26. The summed E-state index contributed by atoms with van der Waals surface area (Å²) in [5.74, 6) is -0.640. The summed E-state index contributed by atoms with van der Waals surface area (Å²) >= 11 is 11.8. The molecule has 2 amide bonds. The number of halogens is 2.